The summed E-state index contributed by atoms with van der Waals surface area (Å²) in [7, 11) is 0. The predicted octanol–water partition coefficient (Wildman–Crippen LogP) is 0.630. The van der Waals surface area contributed by atoms with Crippen molar-refractivity contribution < 1.29 is 14.7 Å². The summed E-state index contributed by atoms with van der Waals surface area (Å²) in [4.78, 5) is 22.6. The molecule has 0 aromatic rings. The van der Waals surface area contributed by atoms with E-state index in [0.717, 1.165) is 5.75 Å². The Morgan fingerprint density at radius 2 is 2.45 bits per heavy atom. The predicted molar refractivity (Wildman–Crippen MR) is 41.7 cm³/mol. The Bertz CT molecular complexity index is 183. The molecule has 1 N–H and O–H groups in total. The molecule has 1 saturated heterocycles. The summed E-state index contributed by atoms with van der Waals surface area (Å²) < 4.78 is 0. The van der Waals surface area contributed by atoms with Gasteiger partial charge in [0.05, 0.1) is 6.42 Å². The van der Waals surface area contributed by atoms with E-state index in [9.17, 15) is 9.59 Å². The average Bonchev–Trinajstić information content (AvgIpc) is 2.31. The number of carboxylic acid groups (broad SMARTS) is 1. The van der Waals surface area contributed by atoms with Gasteiger partial charge in [0, 0.05) is 18.8 Å². The number of carboxylic acids is 1. The maximum Gasteiger partial charge on any atom is 0.305 e. The average molecular weight is 175 g/mol. The zero-order chi connectivity index (χ0) is 8.27. The number of aliphatic carboxylic acids is 1. The van der Waals surface area contributed by atoms with Crippen molar-refractivity contribution in [2.45, 2.75) is 6.42 Å². The zero-order valence-corrected chi connectivity index (χ0v) is 6.76. The molecule has 0 aromatic carbocycles. The second-order valence-electron chi connectivity index (χ2n) is 2.25. The monoisotopic (exact) mass is 175 g/mol. The van der Waals surface area contributed by atoms with Gasteiger partial charge in [-0.3, -0.25) is 9.59 Å². The fraction of sp³-hybridized carbons (Fsp3) is 0.667. The lowest BCUT2D eigenvalue weighted by molar-refractivity contribution is -0.137. The molecule has 1 aliphatic heterocycles. The fourth-order valence-corrected chi connectivity index (χ4v) is 1.71. The second-order valence-corrected chi connectivity index (χ2v) is 3.29. The second kappa shape index (κ2) is 3.61. The Kier molecular flexibility index (Phi) is 2.76. The van der Waals surface area contributed by atoms with Crippen molar-refractivity contribution in [1.82, 2.24) is 4.90 Å². The lowest BCUT2D eigenvalue weighted by atomic mass is 10.4. The van der Waals surface area contributed by atoms with Crippen LogP contribution < -0.4 is 0 Å². The van der Waals surface area contributed by atoms with Gasteiger partial charge in [0.15, 0.2) is 0 Å². The number of amides is 1. The Hall–Kier alpha value is -0.710. The summed E-state index contributed by atoms with van der Waals surface area (Å²) in [6.45, 7) is 1.04. The van der Waals surface area contributed by atoms with Crippen LogP contribution >= 0.6 is 11.8 Å². The van der Waals surface area contributed by atoms with Crippen molar-refractivity contribution in [3.05, 3.63) is 0 Å². The molecular weight excluding hydrogens is 166 g/mol. The highest BCUT2D eigenvalue weighted by Crippen LogP contribution is 2.16. The van der Waals surface area contributed by atoms with Gasteiger partial charge in [-0.1, -0.05) is 11.8 Å². The molecule has 0 aliphatic carbocycles. The first kappa shape index (κ1) is 8.39. The van der Waals surface area contributed by atoms with Gasteiger partial charge in [-0.15, -0.1) is 0 Å². The smallest absolute Gasteiger partial charge is 0.305 e. The van der Waals surface area contributed by atoms with Gasteiger partial charge in [-0.25, -0.2) is 0 Å². The molecule has 0 aromatic heterocycles. The summed E-state index contributed by atoms with van der Waals surface area (Å²) in [6, 6.07) is 0. The van der Waals surface area contributed by atoms with Crippen LogP contribution in [0.15, 0.2) is 0 Å². The Morgan fingerprint density at radius 3 is 2.91 bits per heavy atom. The van der Waals surface area contributed by atoms with E-state index in [4.69, 9.17) is 5.11 Å². The molecule has 0 saturated carbocycles. The number of carbonyl (C=O) groups is 2. The molecule has 1 heterocycles. The van der Waals surface area contributed by atoms with Gasteiger partial charge in [0.1, 0.15) is 0 Å². The maximum atomic E-state index is 10.9. The van der Waals surface area contributed by atoms with Crippen LogP contribution in [0.3, 0.4) is 0 Å². The number of thioether (sulfide) groups is 1. The van der Waals surface area contributed by atoms with E-state index >= 15 is 0 Å². The maximum absolute atomic E-state index is 10.9. The molecule has 5 heteroatoms. The van der Waals surface area contributed by atoms with E-state index in [0.29, 0.717) is 13.1 Å². The van der Waals surface area contributed by atoms with Crippen LogP contribution in [-0.2, 0) is 4.79 Å². The number of rotatable bonds is 3. The standard InChI is InChI=1S/C6H9NO3S/c8-5(9)1-2-7-3-4-11-6(7)10/h1-4H2,(H,8,9). The van der Waals surface area contributed by atoms with Gasteiger partial charge in [0.25, 0.3) is 5.24 Å². The number of carbonyl (C=O) groups excluding carboxylic acids is 1. The molecule has 1 amide bonds. The third-order valence-corrected chi connectivity index (χ3v) is 2.33. The molecule has 11 heavy (non-hydrogen) atoms. The molecule has 1 aliphatic rings. The molecule has 0 spiro atoms. The third-order valence-electron chi connectivity index (χ3n) is 1.44. The largest absolute Gasteiger partial charge is 0.481 e. The van der Waals surface area contributed by atoms with Gasteiger partial charge in [0.2, 0.25) is 0 Å². The first-order valence-electron chi connectivity index (χ1n) is 3.33. The van der Waals surface area contributed by atoms with E-state index in [1.807, 2.05) is 0 Å². The lowest BCUT2D eigenvalue weighted by Crippen LogP contribution is -2.25. The van der Waals surface area contributed by atoms with Crippen LogP contribution in [-0.4, -0.2) is 40.1 Å². The van der Waals surface area contributed by atoms with Crippen LogP contribution in [0.2, 0.25) is 0 Å². The molecule has 0 atom stereocenters. The highest BCUT2D eigenvalue weighted by atomic mass is 32.2. The van der Waals surface area contributed by atoms with Crippen LogP contribution in [0.4, 0.5) is 4.79 Å². The highest BCUT2D eigenvalue weighted by molar-refractivity contribution is 8.13. The van der Waals surface area contributed by atoms with Crippen molar-refractivity contribution >= 4 is 23.0 Å². The van der Waals surface area contributed by atoms with Crippen molar-refractivity contribution in [3.63, 3.8) is 0 Å². The van der Waals surface area contributed by atoms with Crippen molar-refractivity contribution in [2.75, 3.05) is 18.8 Å². The highest BCUT2D eigenvalue weighted by Gasteiger charge is 2.20. The number of hydrogen-bond acceptors (Lipinski definition) is 3. The molecule has 1 fully saturated rings. The van der Waals surface area contributed by atoms with Gasteiger partial charge >= 0.3 is 5.97 Å². The van der Waals surface area contributed by atoms with Crippen LogP contribution in [0.25, 0.3) is 0 Å². The van der Waals surface area contributed by atoms with E-state index in [1.54, 1.807) is 4.90 Å². The molecule has 62 valence electrons. The van der Waals surface area contributed by atoms with E-state index in [1.165, 1.54) is 11.8 Å². The summed E-state index contributed by atoms with van der Waals surface area (Å²) in [5.74, 6) is -0.0620. The molecule has 0 unspecified atom stereocenters. The van der Waals surface area contributed by atoms with Gasteiger partial charge in [-0.05, 0) is 0 Å². The van der Waals surface area contributed by atoms with E-state index in [-0.39, 0.29) is 11.7 Å². The first-order valence-corrected chi connectivity index (χ1v) is 4.32. The Labute approximate surface area is 68.6 Å². The minimum atomic E-state index is -0.852. The van der Waals surface area contributed by atoms with Crippen molar-refractivity contribution in [2.24, 2.45) is 0 Å². The van der Waals surface area contributed by atoms with Gasteiger partial charge < -0.3 is 10.0 Å². The Morgan fingerprint density at radius 1 is 1.73 bits per heavy atom. The first-order chi connectivity index (χ1) is 5.20. The van der Waals surface area contributed by atoms with Crippen LogP contribution in [0.1, 0.15) is 6.42 Å². The fourth-order valence-electron chi connectivity index (χ4n) is 0.859. The van der Waals surface area contributed by atoms with Crippen molar-refractivity contribution in [3.8, 4) is 0 Å². The van der Waals surface area contributed by atoms with Crippen LogP contribution in [0.5, 0.6) is 0 Å². The van der Waals surface area contributed by atoms with E-state index < -0.39 is 5.97 Å². The zero-order valence-electron chi connectivity index (χ0n) is 5.95. The summed E-state index contributed by atoms with van der Waals surface area (Å²) in [5, 5.41) is 8.32. The third kappa shape index (κ3) is 2.42. The molecule has 0 bridgehead atoms. The quantitative estimate of drug-likeness (QED) is 0.683. The van der Waals surface area contributed by atoms with Crippen LogP contribution in [0, 0.1) is 0 Å². The molecule has 0 radical (unpaired) electrons. The Balaban J connectivity index is 2.26. The minimum absolute atomic E-state index is 0.00579. The topological polar surface area (TPSA) is 57.6 Å². The number of hydrogen-bond donors (Lipinski definition) is 1. The summed E-state index contributed by atoms with van der Waals surface area (Å²) >= 11 is 1.25. The molecule has 1 rings (SSSR count). The van der Waals surface area contributed by atoms with Crippen molar-refractivity contribution in [1.29, 1.82) is 0 Å². The summed E-state index contributed by atoms with van der Waals surface area (Å²) in [6.07, 6.45) is 0.0479. The van der Waals surface area contributed by atoms with E-state index in [2.05, 4.69) is 0 Å². The summed E-state index contributed by atoms with van der Waals surface area (Å²) in [5.41, 5.74) is 0. The normalized spacial score (nSPS) is 17.5. The molecule has 4 nitrogen and oxygen atoms in total. The minimum Gasteiger partial charge on any atom is -0.481 e. The van der Waals surface area contributed by atoms with Gasteiger partial charge in [-0.2, -0.15) is 0 Å². The lowest BCUT2D eigenvalue weighted by Gasteiger charge is -2.11. The SMILES string of the molecule is O=C(O)CCN1CCSC1=O. The number of nitrogens with zero attached hydrogens (tertiary/aromatic N) is 1. The molecular formula is C6H9NO3S.